The van der Waals surface area contributed by atoms with E-state index in [-0.39, 0.29) is 15.6 Å². The Labute approximate surface area is 214 Å². The summed E-state index contributed by atoms with van der Waals surface area (Å²) in [5, 5.41) is 9.60. The Morgan fingerprint density at radius 3 is 2.70 bits per heavy atom. The molecule has 0 radical (unpaired) electrons. The Balaban J connectivity index is 1.43. The van der Waals surface area contributed by atoms with Gasteiger partial charge in [0.15, 0.2) is 0 Å². The predicted molar refractivity (Wildman–Crippen MR) is 136 cm³/mol. The van der Waals surface area contributed by atoms with E-state index in [1.165, 1.54) is 36.5 Å². The van der Waals surface area contributed by atoms with Gasteiger partial charge in [-0.15, -0.1) is 0 Å². The molecule has 7 nitrogen and oxygen atoms in total. The summed E-state index contributed by atoms with van der Waals surface area (Å²) in [5.41, 5.74) is 3.11. The molecule has 186 valence electrons. The number of nitrogens with one attached hydrogen (secondary N) is 1. The Bertz CT molecular complexity index is 1600. The van der Waals surface area contributed by atoms with Crippen LogP contribution in [0, 0.1) is 23.1 Å². The molecule has 1 aliphatic carbocycles. The third kappa shape index (κ3) is 5.60. The Kier molecular flexibility index (Phi) is 6.84. The van der Waals surface area contributed by atoms with Gasteiger partial charge >= 0.3 is 0 Å². The molecule has 0 bridgehead atoms. The maximum Gasteiger partial charge on any atom is 0.216 e. The van der Waals surface area contributed by atoms with Gasteiger partial charge in [-0.3, -0.25) is 4.98 Å². The van der Waals surface area contributed by atoms with E-state index in [4.69, 9.17) is 4.74 Å². The number of benzene rings is 2. The largest absolute Gasteiger partial charge is 0.493 e. The Hall–Kier alpha value is -4.29. The molecule has 1 N–H and O–H groups in total. The number of ether oxygens (including phenoxy) is 1. The number of halogens is 1. The lowest BCUT2D eigenvalue weighted by molar-refractivity contribution is 0.295. The van der Waals surface area contributed by atoms with Crippen molar-refractivity contribution >= 4 is 15.9 Å². The minimum atomic E-state index is -3.97. The minimum absolute atomic E-state index is 0.0469. The van der Waals surface area contributed by atoms with Gasteiger partial charge in [0.25, 0.3) is 0 Å². The number of aromatic amines is 1. The second-order valence-corrected chi connectivity index (χ2v) is 10.7. The van der Waals surface area contributed by atoms with Gasteiger partial charge < -0.3 is 9.72 Å². The number of hydrogen-bond acceptors (Lipinski definition) is 6. The molecule has 0 aliphatic heterocycles. The standard InChI is InChI=1S/C28H23FN4O3S/c29-22-9-8-21(27(15-22)36-17-19-6-7-19)14-26-28(33-18-32-26)25-13-20(10-11-31-25)12-24(16-30)37(34,35)23-4-2-1-3-5-23/h1-5,8-13,15,18-19H,6-7,14,17H2,(H,32,33). The van der Waals surface area contributed by atoms with Crippen LogP contribution in [0.1, 0.15) is 29.7 Å². The van der Waals surface area contributed by atoms with Gasteiger partial charge in [-0.05, 0) is 60.7 Å². The van der Waals surface area contributed by atoms with Crippen molar-refractivity contribution in [3.8, 4) is 23.2 Å². The van der Waals surface area contributed by atoms with Crippen molar-refractivity contribution in [3.05, 3.63) is 101 Å². The number of H-pyrrole nitrogens is 1. The van der Waals surface area contributed by atoms with Crippen molar-refractivity contribution in [2.75, 3.05) is 6.61 Å². The number of rotatable bonds is 9. The van der Waals surface area contributed by atoms with Gasteiger partial charge in [0.2, 0.25) is 9.84 Å². The lowest BCUT2D eigenvalue weighted by Crippen LogP contribution is -2.04. The first-order valence-corrected chi connectivity index (χ1v) is 13.2. The van der Waals surface area contributed by atoms with Crippen LogP contribution >= 0.6 is 0 Å². The van der Waals surface area contributed by atoms with Gasteiger partial charge in [0, 0.05) is 29.9 Å². The fourth-order valence-electron chi connectivity index (χ4n) is 3.88. The SMILES string of the molecule is N#CC(=Cc1ccnc(-c2nc[nH]c2Cc2ccc(F)cc2OCC2CC2)c1)S(=O)(=O)c1ccccc1. The van der Waals surface area contributed by atoms with E-state index >= 15 is 0 Å². The summed E-state index contributed by atoms with van der Waals surface area (Å²) in [6.07, 6.45) is 7.07. The van der Waals surface area contributed by atoms with Gasteiger partial charge in [-0.1, -0.05) is 24.3 Å². The van der Waals surface area contributed by atoms with Crippen LogP contribution < -0.4 is 4.74 Å². The number of aromatic nitrogens is 3. The third-order valence-electron chi connectivity index (χ3n) is 6.06. The summed E-state index contributed by atoms with van der Waals surface area (Å²) >= 11 is 0. The molecule has 1 saturated carbocycles. The van der Waals surface area contributed by atoms with Crippen molar-refractivity contribution in [3.63, 3.8) is 0 Å². The molecule has 9 heteroatoms. The fourth-order valence-corrected chi connectivity index (χ4v) is 5.06. The normalized spacial score (nSPS) is 13.8. The van der Waals surface area contributed by atoms with Crippen LogP contribution in [0.5, 0.6) is 5.75 Å². The maximum atomic E-state index is 13.9. The Morgan fingerprint density at radius 1 is 1.14 bits per heavy atom. The molecular formula is C28H23FN4O3S. The summed E-state index contributed by atoms with van der Waals surface area (Å²) in [6.45, 7) is 0.565. The third-order valence-corrected chi connectivity index (χ3v) is 7.74. The summed E-state index contributed by atoms with van der Waals surface area (Å²) in [5.74, 6) is 0.670. The molecule has 1 fully saturated rings. The molecule has 4 aromatic rings. The summed E-state index contributed by atoms with van der Waals surface area (Å²) in [6, 6.07) is 17.4. The number of nitrogens with zero attached hydrogens (tertiary/aromatic N) is 3. The Morgan fingerprint density at radius 2 is 1.95 bits per heavy atom. The van der Waals surface area contributed by atoms with E-state index in [0.29, 0.717) is 41.6 Å². The van der Waals surface area contributed by atoms with Crippen molar-refractivity contribution < 1.29 is 17.5 Å². The highest BCUT2D eigenvalue weighted by molar-refractivity contribution is 7.95. The summed E-state index contributed by atoms with van der Waals surface area (Å²) in [7, 11) is -3.97. The van der Waals surface area contributed by atoms with Crippen LogP contribution in [0.2, 0.25) is 0 Å². The second kappa shape index (κ2) is 10.4. The number of hydrogen-bond donors (Lipinski definition) is 1. The molecule has 2 heterocycles. The molecular weight excluding hydrogens is 491 g/mol. The first-order chi connectivity index (χ1) is 17.9. The monoisotopic (exact) mass is 514 g/mol. The van der Waals surface area contributed by atoms with E-state index in [2.05, 4.69) is 15.0 Å². The molecule has 0 saturated heterocycles. The highest BCUT2D eigenvalue weighted by atomic mass is 32.2. The first kappa shape index (κ1) is 24.4. The van der Waals surface area contributed by atoms with E-state index < -0.39 is 9.84 Å². The van der Waals surface area contributed by atoms with Crippen LogP contribution in [-0.2, 0) is 16.3 Å². The number of allylic oxidation sites excluding steroid dienone is 1. The van der Waals surface area contributed by atoms with Gasteiger partial charge in [-0.2, -0.15) is 5.26 Å². The zero-order chi connectivity index (χ0) is 25.8. The zero-order valence-electron chi connectivity index (χ0n) is 19.8. The van der Waals surface area contributed by atoms with E-state index in [1.54, 1.807) is 42.7 Å². The number of imidazole rings is 1. The molecule has 1 aliphatic rings. The van der Waals surface area contributed by atoms with E-state index in [0.717, 1.165) is 24.1 Å². The second-order valence-electron chi connectivity index (χ2n) is 8.82. The van der Waals surface area contributed by atoms with Gasteiger partial charge in [0.05, 0.1) is 23.5 Å². The van der Waals surface area contributed by atoms with Crippen LogP contribution in [-0.4, -0.2) is 30.0 Å². The van der Waals surface area contributed by atoms with Crippen molar-refractivity contribution in [2.24, 2.45) is 5.92 Å². The van der Waals surface area contributed by atoms with Crippen molar-refractivity contribution in [1.29, 1.82) is 5.26 Å². The highest BCUT2D eigenvalue weighted by Crippen LogP contribution is 2.32. The van der Waals surface area contributed by atoms with Gasteiger partial charge in [0.1, 0.15) is 28.2 Å². The number of pyridine rings is 1. The topological polar surface area (TPSA) is 109 Å². The van der Waals surface area contributed by atoms with E-state index in [9.17, 15) is 18.1 Å². The van der Waals surface area contributed by atoms with Crippen LogP contribution in [0.3, 0.4) is 0 Å². The summed E-state index contributed by atoms with van der Waals surface area (Å²) < 4.78 is 45.7. The van der Waals surface area contributed by atoms with Crippen molar-refractivity contribution in [2.45, 2.75) is 24.2 Å². The minimum Gasteiger partial charge on any atom is -0.493 e. The highest BCUT2D eigenvalue weighted by Gasteiger charge is 2.23. The predicted octanol–water partition coefficient (Wildman–Crippen LogP) is 5.33. The van der Waals surface area contributed by atoms with E-state index in [1.807, 2.05) is 6.07 Å². The van der Waals surface area contributed by atoms with Crippen molar-refractivity contribution in [1.82, 2.24) is 15.0 Å². The fraction of sp³-hybridized carbons (Fsp3) is 0.179. The quantitative estimate of drug-likeness (QED) is 0.303. The summed E-state index contributed by atoms with van der Waals surface area (Å²) in [4.78, 5) is 11.6. The van der Waals surface area contributed by atoms with Crippen LogP contribution in [0.4, 0.5) is 4.39 Å². The molecule has 0 unspecified atom stereocenters. The molecule has 0 atom stereocenters. The molecule has 2 aromatic heterocycles. The average Bonchev–Trinajstić information content (AvgIpc) is 3.63. The average molecular weight is 515 g/mol. The van der Waals surface area contributed by atoms with Crippen LogP contribution in [0.25, 0.3) is 17.5 Å². The van der Waals surface area contributed by atoms with Gasteiger partial charge in [-0.25, -0.2) is 17.8 Å². The lowest BCUT2D eigenvalue weighted by atomic mass is 10.0. The number of nitriles is 1. The zero-order valence-corrected chi connectivity index (χ0v) is 20.6. The number of sulfone groups is 1. The first-order valence-electron chi connectivity index (χ1n) is 11.8. The van der Waals surface area contributed by atoms with Crippen LogP contribution in [0.15, 0.2) is 83.0 Å². The molecule has 2 aromatic carbocycles. The molecule has 37 heavy (non-hydrogen) atoms. The smallest absolute Gasteiger partial charge is 0.216 e. The molecule has 0 amide bonds. The maximum absolute atomic E-state index is 13.9. The molecule has 5 rings (SSSR count). The lowest BCUT2D eigenvalue weighted by Gasteiger charge is -2.12. The molecule has 0 spiro atoms.